The van der Waals surface area contributed by atoms with E-state index in [1.807, 2.05) is 0 Å². The van der Waals surface area contributed by atoms with Crippen LogP contribution in [0.5, 0.6) is 0 Å². The number of carboxylic acid groups (broad SMARTS) is 1. The Morgan fingerprint density at radius 1 is 1.38 bits per heavy atom. The Bertz CT molecular complexity index is 653. The molecule has 1 heterocycles. The van der Waals surface area contributed by atoms with Gasteiger partial charge in [-0.1, -0.05) is 6.07 Å². The zero-order valence-corrected chi connectivity index (χ0v) is 12.2. The molecule has 0 aromatic heterocycles. The maximum Gasteiger partial charge on any atom is 0.325 e. The number of hydrogen-bond donors (Lipinski definition) is 2. The number of sulfonamides is 1. The molecule has 0 spiro atoms. The third-order valence-corrected chi connectivity index (χ3v) is 5.07. The largest absolute Gasteiger partial charge is 0.480 e. The van der Waals surface area contributed by atoms with Gasteiger partial charge >= 0.3 is 5.97 Å². The standard InChI is InChI=1S/C13H16FNO5S/c1-9-2-3-10(8-11(9)14)21(18,19)15-13(12(16)17)4-6-20-7-5-13/h2-3,8,15H,4-7H2,1H3,(H,16,17). The number of carbonyl (C=O) groups is 1. The molecule has 21 heavy (non-hydrogen) atoms. The molecule has 0 radical (unpaired) electrons. The Kier molecular flexibility index (Phi) is 4.31. The van der Waals surface area contributed by atoms with Gasteiger partial charge in [0.05, 0.1) is 4.90 Å². The summed E-state index contributed by atoms with van der Waals surface area (Å²) < 4.78 is 45.4. The first-order chi connectivity index (χ1) is 9.77. The minimum absolute atomic E-state index is 0.0237. The van der Waals surface area contributed by atoms with Gasteiger partial charge < -0.3 is 9.84 Å². The van der Waals surface area contributed by atoms with E-state index in [1.54, 1.807) is 0 Å². The van der Waals surface area contributed by atoms with Crippen molar-refractivity contribution in [3.05, 3.63) is 29.6 Å². The molecule has 0 unspecified atom stereocenters. The Hall–Kier alpha value is -1.51. The monoisotopic (exact) mass is 317 g/mol. The molecule has 1 aromatic carbocycles. The third-order valence-electron chi connectivity index (χ3n) is 3.54. The van der Waals surface area contributed by atoms with Crippen LogP contribution in [0.15, 0.2) is 23.1 Å². The summed E-state index contributed by atoms with van der Waals surface area (Å²) in [5, 5.41) is 9.34. The molecular weight excluding hydrogens is 301 g/mol. The number of halogens is 1. The van der Waals surface area contributed by atoms with E-state index in [2.05, 4.69) is 4.72 Å². The molecule has 2 N–H and O–H groups in total. The molecule has 0 bridgehead atoms. The third kappa shape index (κ3) is 3.22. The van der Waals surface area contributed by atoms with Crippen LogP contribution < -0.4 is 4.72 Å². The van der Waals surface area contributed by atoms with Crippen LogP contribution in [0.3, 0.4) is 0 Å². The Labute approximate surface area is 122 Å². The lowest BCUT2D eigenvalue weighted by Crippen LogP contribution is -2.57. The van der Waals surface area contributed by atoms with Gasteiger partial charge in [0.1, 0.15) is 11.4 Å². The lowest BCUT2D eigenvalue weighted by atomic mass is 9.92. The number of hydrogen-bond acceptors (Lipinski definition) is 4. The van der Waals surface area contributed by atoms with Crippen LogP contribution in [0.1, 0.15) is 18.4 Å². The topological polar surface area (TPSA) is 92.7 Å². The molecule has 0 saturated carbocycles. The number of aryl methyl sites for hydroxylation is 1. The zero-order valence-electron chi connectivity index (χ0n) is 11.4. The van der Waals surface area contributed by atoms with Gasteiger partial charge in [0.2, 0.25) is 10.0 Å². The molecule has 1 saturated heterocycles. The number of rotatable bonds is 4. The van der Waals surface area contributed by atoms with Crippen LogP contribution in [0, 0.1) is 12.7 Å². The molecule has 2 rings (SSSR count). The molecular formula is C13H16FNO5S. The first-order valence-electron chi connectivity index (χ1n) is 6.38. The van der Waals surface area contributed by atoms with Crippen molar-refractivity contribution in [2.24, 2.45) is 0 Å². The lowest BCUT2D eigenvalue weighted by Gasteiger charge is -2.33. The highest BCUT2D eigenvalue weighted by Gasteiger charge is 2.43. The van der Waals surface area contributed by atoms with Crippen molar-refractivity contribution in [1.82, 2.24) is 4.72 Å². The van der Waals surface area contributed by atoms with Gasteiger partial charge in [0, 0.05) is 26.1 Å². The second-order valence-corrected chi connectivity index (χ2v) is 6.70. The zero-order chi connectivity index (χ0) is 15.7. The summed E-state index contributed by atoms with van der Waals surface area (Å²) in [6.07, 6.45) is 0.0474. The smallest absolute Gasteiger partial charge is 0.325 e. The summed E-state index contributed by atoms with van der Waals surface area (Å²) in [6, 6.07) is 3.46. The predicted molar refractivity (Wildman–Crippen MR) is 71.9 cm³/mol. The maximum absolute atomic E-state index is 13.5. The van der Waals surface area contributed by atoms with Crippen LogP contribution in [-0.4, -0.2) is 38.2 Å². The van der Waals surface area contributed by atoms with Gasteiger partial charge in [-0.15, -0.1) is 0 Å². The predicted octanol–water partition coefficient (Wildman–Crippen LogP) is 1.05. The second-order valence-electron chi connectivity index (χ2n) is 5.02. The molecule has 6 nitrogen and oxygen atoms in total. The fourth-order valence-corrected chi connectivity index (χ4v) is 3.57. The molecule has 0 aliphatic carbocycles. The molecule has 116 valence electrons. The van der Waals surface area contributed by atoms with Crippen LogP contribution in [0.2, 0.25) is 0 Å². The Morgan fingerprint density at radius 2 is 2.00 bits per heavy atom. The molecule has 1 fully saturated rings. The van der Waals surface area contributed by atoms with Crippen LogP contribution in [0.4, 0.5) is 4.39 Å². The highest BCUT2D eigenvalue weighted by molar-refractivity contribution is 7.89. The molecule has 0 atom stereocenters. The summed E-state index contributed by atoms with van der Waals surface area (Å²) in [4.78, 5) is 11.2. The quantitative estimate of drug-likeness (QED) is 0.866. The molecule has 1 aliphatic heterocycles. The summed E-state index contributed by atoms with van der Waals surface area (Å²) in [6.45, 7) is 1.81. The van der Waals surface area contributed by atoms with Crippen LogP contribution >= 0.6 is 0 Å². The average Bonchev–Trinajstić information content (AvgIpc) is 2.42. The normalized spacial score (nSPS) is 18.4. The van der Waals surface area contributed by atoms with Crippen LogP contribution in [0.25, 0.3) is 0 Å². The number of aliphatic carboxylic acids is 1. The van der Waals surface area contributed by atoms with E-state index in [0.29, 0.717) is 5.56 Å². The summed E-state index contributed by atoms with van der Waals surface area (Å²) in [5.74, 6) is -1.92. The van der Waals surface area contributed by atoms with Gasteiger partial charge in [0.25, 0.3) is 0 Å². The minimum atomic E-state index is -4.13. The van der Waals surface area contributed by atoms with E-state index in [9.17, 15) is 22.7 Å². The molecule has 8 heteroatoms. The average molecular weight is 317 g/mol. The van der Waals surface area contributed by atoms with Crippen molar-refractivity contribution in [3.8, 4) is 0 Å². The first-order valence-corrected chi connectivity index (χ1v) is 7.86. The van der Waals surface area contributed by atoms with E-state index in [0.717, 1.165) is 6.07 Å². The van der Waals surface area contributed by atoms with Crippen molar-refractivity contribution in [3.63, 3.8) is 0 Å². The fraction of sp³-hybridized carbons (Fsp3) is 0.462. The van der Waals surface area contributed by atoms with Gasteiger partial charge in [-0.25, -0.2) is 12.8 Å². The van der Waals surface area contributed by atoms with Crippen molar-refractivity contribution < 1.29 is 27.4 Å². The van der Waals surface area contributed by atoms with E-state index >= 15 is 0 Å². The van der Waals surface area contributed by atoms with Gasteiger partial charge in [0.15, 0.2) is 0 Å². The van der Waals surface area contributed by atoms with E-state index in [-0.39, 0.29) is 31.0 Å². The van der Waals surface area contributed by atoms with Crippen molar-refractivity contribution in [2.75, 3.05) is 13.2 Å². The summed E-state index contributed by atoms with van der Waals surface area (Å²) in [5.41, 5.74) is -1.30. The van der Waals surface area contributed by atoms with Gasteiger partial charge in [-0.2, -0.15) is 4.72 Å². The second kappa shape index (κ2) is 5.70. The Morgan fingerprint density at radius 3 is 2.52 bits per heavy atom. The first kappa shape index (κ1) is 15.9. The van der Waals surface area contributed by atoms with Gasteiger partial charge in [-0.05, 0) is 24.6 Å². The summed E-state index contributed by atoms with van der Waals surface area (Å²) >= 11 is 0. The SMILES string of the molecule is Cc1ccc(S(=O)(=O)NC2(C(=O)O)CCOCC2)cc1F. The lowest BCUT2D eigenvalue weighted by molar-refractivity contribution is -0.147. The summed E-state index contributed by atoms with van der Waals surface area (Å²) in [7, 11) is -4.13. The molecule has 1 aliphatic rings. The van der Waals surface area contributed by atoms with Crippen molar-refractivity contribution in [2.45, 2.75) is 30.2 Å². The molecule has 1 aromatic rings. The van der Waals surface area contributed by atoms with Crippen molar-refractivity contribution in [1.29, 1.82) is 0 Å². The number of carboxylic acids is 1. The van der Waals surface area contributed by atoms with Crippen molar-refractivity contribution >= 4 is 16.0 Å². The van der Waals surface area contributed by atoms with Crippen LogP contribution in [-0.2, 0) is 19.6 Å². The minimum Gasteiger partial charge on any atom is -0.480 e. The Balaban J connectivity index is 2.34. The maximum atomic E-state index is 13.5. The highest BCUT2D eigenvalue weighted by atomic mass is 32.2. The highest BCUT2D eigenvalue weighted by Crippen LogP contribution is 2.24. The van der Waals surface area contributed by atoms with Gasteiger partial charge in [-0.3, -0.25) is 4.79 Å². The van der Waals surface area contributed by atoms with E-state index < -0.39 is 27.3 Å². The van der Waals surface area contributed by atoms with E-state index in [1.165, 1.54) is 19.1 Å². The number of ether oxygens (including phenoxy) is 1. The molecule has 0 amide bonds. The fourth-order valence-electron chi connectivity index (χ4n) is 2.14. The number of nitrogens with one attached hydrogen (secondary N) is 1. The number of benzene rings is 1. The van der Waals surface area contributed by atoms with E-state index in [4.69, 9.17) is 4.74 Å².